The highest BCUT2D eigenvalue weighted by Gasteiger charge is 2.48. The summed E-state index contributed by atoms with van der Waals surface area (Å²) in [5.41, 5.74) is 1.07. The lowest BCUT2D eigenvalue weighted by Crippen LogP contribution is -2.60. The van der Waals surface area contributed by atoms with Crippen LogP contribution in [0.5, 0.6) is 0 Å². The molecule has 2 aromatic heterocycles. The number of likely N-dealkylation sites (N-methyl/N-ethyl adjacent to an activating group) is 1. The maximum atomic E-state index is 13.7. The van der Waals surface area contributed by atoms with Crippen LogP contribution in [0.25, 0.3) is 11.0 Å². The molecule has 0 aliphatic carbocycles. The molecular formula is C31H36N8O10. The Balaban J connectivity index is 1.27. The molecule has 6 atom stereocenters. The first-order valence-corrected chi connectivity index (χ1v) is 15.3. The van der Waals surface area contributed by atoms with Gasteiger partial charge in [-0.3, -0.25) is 14.7 Å². The number of hydrogen-bond acceptors (Lipinski definition) is 13. The average molecular weight is 681 g/mol. The third-order valence-electron chi connectivity index (χ3n) is 8.55. The van der Waals surface area contributed by atoms with Crippen molar-refractivity contribution in [1.82, 2.24) is 24.3 Å². The highest BCUT2D eigenvalue weighted by atomic mass is 16.7. The van der Waals surface area contributed by atoms with Gasteiger partial charge in [-0.1, -0.05) is 18.2 Å². The molecule has 0 saturated carbocycles. The molecule has 2 aliphatic heterocycles. The van der Waals surface area contributed by atoms with Crippen molar-refractivity contribution in [3.63, 3.8) is 0 Å². The topological polar surface area (TPSA) is 244 Å². The Kier molecular flexibility index (Phi) is 10.6. The molecule has 0 unspecified atom stereocenters. The van der Waals surface area contributed by atoms with Gasteiger partial charge in [-0.25, -0.2) is 24.4 Å². The van der Waals surface area contributed by atoms with Crippen LogP contribution >= 0.6 is 0 Å². The number of nitrogens with one attached hydrogen (secondary N) is 1. The van der Waals surface area contributed by atoms with Gasteiger partial charge in [0.15, 0.2) is 11.8 Å². The minimum Gasteiger partial charge on any atom is -0.479 e. The van der Waals surface area contributed by atoms with E-state index in [0.717, 1.165) is 12.8 Å². The minimum absolute atomic E-state index is 0.00991. The van der Waals surface area contributed by atoms with Crippen LogP contribution in [0, 0.1) is 11.3 Å². The number of carboxylic acid groups (broad SMARTS) is 1. The van der Waals surface area contributed by atoms with E-state index in [9.17, 15) is 39.6 Å². The molecule has 4 heterocycles. The number of carbonyl (C=O) groups is 4. The summed E-state index contributed by atoms with van der Waals surface area (Å²) in [6.45, 7) is 1.03. The largest absolute Gasteiger partial charge is 0.479 e. The number of fused-ring (bicyclic) bond motifs is 1. The zero-order valence-corrected chi connectivity index (χ0v) is 26.6. The first-order valence-electron chi connectivity index (χ1n) is 15.3. The Morgan fingerprint density at radius 2 is 1.86 bits per heavy atom. The molecule has 0 radical (unpaired) electrons. The zero-order chi connectivity index (χ0) is 35.4. The molecule has 18 nitrogen and oxygen atoms in total. The average Bonchev–Trinajstić information content (AvgIpc) is 3.53. The summed E-state index contributed by atoms with van der Waals surface area (Å²) in [5, 5.41) is 51.3. The van der Waals surface area contributed by atoms with E-state index in [1.54, 1.807) is 42.4 Å². The second-order valence-corrected chi connectivity index (χ2v) is 11.8. The van der Waals surface area contributed by atoms with Crippen molar-refractivity contribution in [3.8, 4) is 6.07 Å². The van der Waals surface area contributed by atoms with Crippen molar-refractivity contribution >= 4 is 46.5 Å². The van der Waals surface area contributed by atoms with E-state index in [1.807, 2.05) is 18.0 Å². The smallest absolute Gasteiger partial charge is 0.414 e. The normalized spacial score (nSPS) is 23.7. The summed E-state index contributed by atoms with van der Waals surface area (Å²) in [6.07, 6.45) is -6.48. The molecule has 3 amide bonds. The molecule has 49 heavy (non-hydrogen) atoms. The highest BCUT2D eigenvalue weighted by molar-refractivity contribution is 5.95. The fourth-order valence-electron chi connectivity index (χ4n) is 5.90. The predicted molar refractivity (Wildman–Crippen MR) is 169 cm³/mol. The molecule has 0 spiro atoms. The summed E-state index contributed by atoms with van der Waals surface area (Å²) in [6, 6.07) is 9.62. The van der Waals surface area contributed by atoms with Gasteiger partial charge in [-0.05, 0) is 30.5 Å². The Labute approximate surface area is 279 Å². The standard InChI is InChI=1S/C31H36N8O10/c1-36(14-17-6-3-4-8-20(17)35-30(46)49-29-24(43)22(41)23(42)25(48-29)28(44)45)31(47)39-13-10-19-26(33-16-34-27(19)39)37(2)18-7-5-12-38(15-18)21(40)9-11-32/h3-4,6,8,10,13,16,18,22-25,29,41-43H,5,7,9,12,14-15H2,1-2H3,(H,35,46)(H,44,45)/t18-,22+,23+,24-,25+,29+/m1/s1. The SMILES string of the molecule is CN(Cc1ccccc1NC(=O)O[C@@H]1O[C@H](C(=O)O)[C@@H](O)[C@H](O)[C@H]1O)C(=O)n1ccc2c(N(C)[C@@H]3CCCN(C(=O)CC#N)C3)ncnc21. The summed E-state index contributed by atoms with van der Waals surface area (Å²) in [7, 11) is 3.42. The number of carbonyl (C=O) groups excluding carboxylic acids is 3. The van der Waals surface area contributed by atoms with E-state index < -0.39 is 48.8 Å². The monoisotopic (exact) mass is 680 g/mol. The van der Waals surface area contributed by atoms with Crippen molar-refractivity contribution in [1.29, 1.82) is 5.26 Å². The predicted octanol–water partition coefficient (Wildman–Crippen LogP) is 0.313. The van der Waals surface area contributed by atoms with Crippen LogP contribution in [0.1, 0.15) is 24.8 Å². The zero-order valence-electron chi connectivity index (χ0n) is 26.6. The fraction of sp³-hybridized carbons (Fsp3) is 0.452. The Morgan fingerprint density at radius 1 is 1.10 bits per heavy atom. The minimum atomic E-state index is -1.95. The van der Waals surface area contributed by atoms with E-state index in [-0.39, 0.29) is 30.6 Å². The number of hydrogen-bond donors (Lipinski definition) is 5. The van der Waals surface area contributed by atoms with E-state index in [4.69, 9.17) is 14.7 Å². The van der Waals surface area contributed by atoms with E-state index in [1.165, 1.54) is 21.9 Å². The third kappa shape index (κ3) is 7.39. The summed E-state index contributed by atoms with van der Waals surface area (Å²) in [4.78, 5) is 63.9. The van der Waals surface area contributed by atoms with Crippen molar-refractivity contribution in [2.45, 2.75) is 62.6 Å². The molecular weight excluding hydrogens is 644 g/mol. The van der Waals surface area contributed by atoms with E-state index in [0.29, 0.717) is 35.5 Å². The van der Waals surface area contributed by atoms with Gasteiger partial charge in [-0.15, -0.1) is 0 Å². The number of carboxylic acids is 1. The Bertz CT molecular complexity index is 1760. The van der Waals surface area contributed by atoms with Gasteiger partial charge < -0.3 is 44.6 Å². The summed E-state index contributed by atoms with van der Waals surface area (Å²) < 4.78 is 11.4. The molecule has 18 heteroatoms. The lowest BCUT2D eigenvalue weighted by molar-refractivity contribution is -0.277. The number of anilines is 2. The van der Waals surface area contributed by atoms with E-state index in [2.05, 4.69) is 15.3 Å². The lowest BCUT2D eigenvalue weighted by atomic mass is 9.99. The number of nitrogens with zero attached hydrogens (tertiary/aromatic N) is 7. The van der Waals surface area contributed by atoms with E-state index >= 15 is 0 Å². The number of para-hydroxylation sites is 1. The maximum Gasteiger partial charge on any atom is 0.414 e. The van der Waals surface area contributed by atoms with Crippen LogP contribution in [0.15, 0.2) is 42.9 Å². The number of aliphatic hydroxyl groups is 3. The molecule has 2 aliphatic rings. The molecule has 3 aromatic rings. The number of benzene rings is 1. The van der Waals surface area contributed by atoms with Crippen LogP contribution in [-0.4, -0.2) is 133 Å². The van der Waals surface area contributed by atoms with Gasteiger partial charge in [0.05, 0.1) is 11.5 Å². The third-order valence-corrected chi connectivity index (χ3v) is 8.55. The molecule has 5 rings (SSSR count). The molecule has 0 bridgehead atoms. The number of aliphatic carboxylic acids is 1. The molecule has 5 N–H and O–H groups in total. The van der Waals surface area contributed by atoms with Gasteiger partial charge in [0.1, 0.15) is 36.9 Å². The molecule has 1 aromatic carbocycles. The number of piperidine rings is 1. The van der Waals surface area contributed by atoms with Crippen molar-refractivity contribution < 1.29 is 49.1 Å². The number of aliphatic hydroxyl groups excluding tert-OH is 3. The van der Waals surface area contributed by atoms with Crippen LogP contribution in [-0.2, 0) is 25.6 Å². The number of rotatable bonds is 8. The van der Waals surface area contributed by atoms with Crippen LogP contribution in [0.4, 0.5) is 21.1 Å². The highest BCUT2D eigenvalue weighted by Crippen LogP contribution is 2.28. The van der Waals surface area contributed by atoms with Crippen molar-refractivity contribution in [2.24, 2.45) is 0 Å². The van der Waals surface area contributed by atoms with Gasteiger partial charge >= 0.3 is 18.1 Å². The molecule has 2 saturated heterocycles. The number of likely N-dealkylation sites (tertiary alicyclic amines) is 1. The number of aromatic nitrogens is 3. The van der Waals surface area contributed by atoms with Crippen LogP contribution < -0.4 is 10.2 Å². The van der Waals surface area contributed by atoms with Crippen LogP contribution in [0.2, 0.25) is 0 Å². The summed E-state index contributed by atoms with van der Waals surface area (Å²) >= 11 is 0. The Morgan fingerprint density at radius 3 is 2.59 bits per heavy atom. The Hall–Kier alpha value is -5.35. The van der Waals surface area contributed by atoms with Gasteiger partial charge in [-0.2, -0.15) is 5.26 Å². The first kappa shape index (κ1) is 35.0. The number of ether oxygens (including phenoxy) is 2. The van der Waals surface area contributed by atoms with Crippen molar-refractivity contribution in [3.05, 3.63) is 48.4 Å². The van der Waals surface area contributed by atoms with Gasteiger partial charge in [0, 0.05) is 51.7 Å². The van der Waals surface area contributed by atoms with Gasteiger partial charge in [0.2, 0.25) is 12.2 Å². The molecule has 260 valence electrons. The quantitative estimate of drug-likeness (QED) is 0.215. The van der Waals surface area contributed by atoms with Gasteiger partial charge in [0.25, 0.3) is 0 Å². The van der Waals surface area contributed by atoms with Crippen LogP contribution in [0.3, 0.4) is 0 Å². The first-order chi connectivity index (χ1) is 23.4. The lowest BCUT2D eigenvalue weighted by Gasteiger charge is -2.38. The second kappa shape index (κ2) is 14.8. The van der Waals surface area contributed by atoms with Crippen molar-refractivity contribution in [2.75, 3.05) is 37.4 Å². The molecule has 2 fully saturated rings. The number of nitriles is 1. The number of amides is 3. The maximum absolute atomic E-state index is 13.7. The summed E-state index contributed by atoms with van der Waals surface area (Å²) in [5.74, 6) is -1.26. The fourth-order valence-corrected chi connectivity index (χ4v) is 5.90. The second-order valence-electron chi connectivity index (χ2n) is 11.8.